The van der Waals surface area contributed by atoms with E-state index in [9.17, 15) is 8.42 Å². The van der Waals surface area contributed by atoms with Gasteiger partial charge in [-0.05, 0) is 47.5 Å². The lowest BCUT2D eigenvalue weighted by Crippen LogP contribution is -2.23. The minimum Gasteiger partial charge on any atom is -0.351 e. The third-order valence-corrected chi connectivity index (χ3v) is 8.48. The average Bonchev–Trinajstić information content (AvgIpc) is 3.50. The van der Waals surface area contributed by atoms with Crippen molar-refractivity contribution in [1.82, 2.24) is 19.8 Å². The smallest absolute Gasteiger partial charge is 0.229 e. The van der Waals surface area contributed by atoms with E-state index in [1.165, 1.54) is 4.52 Å². The maximum absolute atomic E-state index is 13.5. The van der Waals surface area contributed by atoms with Crippen molar-refractivity contribution in [3.8, 4) is 0 Å². The number of benzene rings is 2. The normalized spacial score (nSPS) is 12.1. The molecule has 0 N–H and O–H groups in total. The van der Waals surface area contributed by atoms with E-state index in [4.69, 9.17) is 4.98 Å². The Hall–Kier alpha value is -3.30. The zero-order chi connectivity index (χ0) is 23.9. The molecule has 0 fully saturated rings. The molecule has 2 aromatic carbocycles. The van der Waals surface area contributed by atoms with Crippen LogP contribution >= 0.6 is 11.3 Å². The molecule has 7 nitrogen and oxygen atoms in total. The highest BCUT2D eigenvalue weighted by Gasteiger charge is 2.28. The van der Waals surface area contributed by atoms with Crippen LogP contribution in [-0.4, -0.2) is 34.8 Å². The van der Waals surface area contributed by atoms with Crippen LogP contribution in [0.3, 0.4) is 0 Å². The molecule has 0 aliphatic carbocycles. The first-order valence-electron chi connectivity index (χ1n) is 11.2. The van der Waals surface area contributed by atoms with Crippen LogP contribution in [0.25, 0.3) is 15.9 Å². The SMILES string of the molecule is CCN(Cc1ccccc1)c1nc2c(S(=O)(=O)c3ccc(C(C)C)cc3)nnn2c2ccsc12. The van der Waals surface area contributed by atoms with E-state index >= 15 is 0 Å². The number of nitrogens with zero attached hydrogens (tertiary/aromatic N) is 5. The molecule has 0 saturated carbocycles. The number of fused-ring (bicyclic) bond motifs is 3. The van der Waals surface area contributed by atoms with Crippen molar-refractivity contribution in [2.75, 3.05) is 11.4 Å². The van der Waals surface area contributed by atoms with Crippen molar-refractivity contribution in [2.24, 2.45) is 0 Å². The standard InChI is InChI=1S/C25H25N5O2S2/c1-4-29(16-18-8-6-5-7-9-18)23-22-21(14-15-33-22)30-24(26-23)25(27-28-30)34(31,32)20-12-10-19(11-13-20)17(2)3/h5-15,17H,4,16H2,1-3H3. The van der Waals surface area contributed by atoms with E-state index in [1.807, 2.05) is 41.8 Å². The Balaban J connectivity index is 1.65. The zero-order valence-corrected chi connectivity index (χ0v) is 20.8. The molecule has 9 heteroatoms. The second-order valence-electron chi connectivity index (χ2n) is 8.43. The van der Waals surface area contributed by atoms with Gasteiger partial charge in [0.05, 0.1) is 15.1 Å². The van der Waals surface area contributed by atoms with E-state index in [0.717, 1.165) is 27.2 Å². The van der Waals surface area contributed by atoms with Crippen molar-refractivity contribution >= 4 is 42.9 Å². The highest BCUT2D eigenvalue weighted by Crippen LogP contribution is 2.34. The van der Waals surface area contributed by atoms with E-state index < -0.39 is 9.84 Å². The number of thiophene rings is 1. The van der Waals surface area contributed by atoms with Crippen molar-refractivity contribution in [2.45, 2.75) is 43.2 Å². The molecule has 174 valence electrons. The van der Waals surface area contributed by atoms with Crippen LogP contribution in [0.4, 0.5) is 5.82 Å². The lowest BCUT2D eigenvalue weighted by Gasteiger charge is -2.23. The summed E-state index contributed by atoms with van der Waals surface area (Å²) >= 11 is 1.56. The summed E-state index contributed by atoms with van der Waals surface area (Å²) in [4.78, 5) is 7.17. The largest absolute Gasteiger partial charge is 0.351 e. The quantitative estimate of drug-likeness (QED) is 0.306. The lowest BCUT2D eigenvalue weighted by molar-refractivity contribution is 0.592. The molecule has 3 heterocycles. The van der Waals surface area contributed by atoms with Crippen molar-refractivity contribution in [3.63, 3.8) is 0 Å². The Kier molecular flexibility index (Phi) is 5.83. The predicted molar refractivity (Wildman–Crippen MR) is 135 cm³/mol. The first-order chi connectivity index (χ1) is 16.4. The van der Waals surface area contributed by atoms with Gasteiger partial charge in [-0.15, -0.1) is 16.4 Å². The zero-order valence-electron chi connectivity index (χ0n) is 19.2. The maximum atomic E-state index is 13.5. The van der Waals surface area contributed by atoms with Crippen molar-refractivity contribution < 1.29 is 8.42 Å². The Morgan fingerprint density at radius 2 is 1.76 bits per heavy atom. The van der Waals surface area contributed by atoms with Gasteiger partial charge in [-0.25, -0.2) is 13.4 Å². The number of anilines is 1. The van der Waals surface area contributed by atoms with Gasteiger partial charge >= 0.3 is 0 Å². The van der Waals surface area contributed by atoms with Gasteiger partial charge in [-0.3, -0.25) is 0 Å². The second kappa shape index (κ2) is 8.81. The molecule has 0 bridgehead atoms. The van der Waals surface area contributed by atoms with Gasteiger partial charge in [0.1, 0.15) is 0 Å². The lowest BCUT2D eigenvalue weighted by atomic mass is 10.0. The van der Waals surface area contributed by atoms with Crippen molar-refractivity contribution in [3.05, 3.63) is 77.2 Å². The van der Waals surface area contributed by atoms with Crippen LogP contribution in [0, 0.1) is 0 Å². The van der Waals surface area contributed by atoms with Crippen LogP contribution in [0.1, 0.15) is 37.8 Å². The molecule has 0 radical (unpaired) electrons. The molecular formula is C25H25N5O2S2. The summed E-state index contributed by atoms with van der Waals surface area (Å²) in [5.74, 6) is 1.05. The molecule has 0 aliphatic rings. The van der Waals surface area contributed by atoms with E-state index in [2.05, 4.69) is 48.1 Å². The molecule has 5 aromatic rings. The first kappa shape index (κ1) is 22.5. The molecule has 34 heavy (non-hydrogen) atoms. The molecule has 0 saturated heterocycles. The van der Waals surface area contributed by atoms with Gasteiger partial charge in [0.25, 0.3) is 0 Å². The van der Waals surface area contributed by atoms with Crippen molar-refractivity contribution in [1.29, 1.82) is 0 Å². The number of hydrogen-bond donors (Lipinski definition) is 0. The third kappa shape index (κ3) is 3.84. The van der Waals surface area contributed by atoms with Crippen LogP contribution in [0.2, 0.25) is 0 Å². The maximum Gasteiger partial charge on any atom is 0.229 e. The van der Waals surface area contributed by atoms with Crippen LogP contribution in [0.5, 0.6) is 0 Å². The highest BCUT2D eigenvalue weighted by molar-refractivity contribution is 7.91. The number of aromatic nitrogens is 4. The summed E-state index contributed by atoms with van der Waals surface area (Å²) in [6, 6.07) is 19.0. The number of sulfone groups is 1. The molecule has 5 rings (SSSR count). The van der Waals surface area contributed by atoms with Gasteiger partial charge in [0, 0.05) is 13.1 Å². The monoisotopic (exact) mass is 491 g/mol. The summed E-state index contributed by atoms with van der Waals surface area (Å²) in [5.41, 5.74) is 3.26. The second-order valence-corrected chi connectivity index (χ2v) is 11.2. The summed E-state index contributed by atoms with van der Waals surface area (Å²) in [6.45, 7) is 7.58. The fourth-order valence-corrected chi connectivity index (χ4v) is 6.10. The van der Waals surface area contributed by atoms with Gasteiger partial charge in [-0.2, -0.15) is 4.52 Å². The summed E-state index contributed by atoms with van der Waals surface area (Å²) in [6.07, 6.45) is 0. The van der Waals surface area contributed by atoms with Crippen LogP contribution in [-0.2, 0) is 16.4 Å². The topological polar surface area (TPSA) is 80.5 Å². The van der Waals surface area contributed by atoms with E-state index in [1.54, 1.807) is 23.5 Å². The predicted octanol–water partition coefficient (Wildman–Crippen LogP) is 5.32. The highest BCUT2D eigenvalue weighted by atomic mass is 32.2. The van der Waals surface area contributed by atoms with Gasteiger partial charge in [0.15, 0.2) is 11.5 Å². The molecule has 0 aliphatic heterocycles. The summed E-state index contributed by atoms with van der Waals surface area (Å²) < 4.78 is 29.6. The molecule has 0 atom stereocenters. The third-order valence-electron chi connectivity index (χ3n) is 5.91. The fraction of sp³-hybridized carbons (Fsp3) is 0.240. The fourth-order valence-electron chi connectivity index (χ4n) is 3.98. The summed E-state index contributed by atoms with van der Waals surface area (Å²) in [7, 11) is -3.90. The average molecular weight is 492 g/mol. The first-order valence-corrected chi connectivity index (χ1v) is 13.5. The van der Waals surface area contributed by atoms with Gasteiger partial charge in [-0.1, -0.05) is 61.5 Å². The molecule has 3 aromatic heterocycles. The molecule has 0 unspecified atom stereocenters. The summed E-state index contributed by atoms with van der Waals surface area (Å²) in [5, 5.41) is 10.1. The van der Waals surface area contributed by atoms with Gasteiger partial charge in [0.2, 0.25) is 14.9 Å². The minimum absolute atomic E-state index is 0.130. The molecule has 0 spiro atoms. The molecular weight excluding hydrogens is 466 g/mol. The van der Waals surface area contributed by atoms with Gasteiger partial charge < -0.3 is 4.90 Å². The van der Waals surface area contributed by atoms with Crippen LogP contribution in [0.15, 0.2) is 76.0 Å². The Morgan fingerprint density at radius 1 is 1.03 bits per heavy atom. The molecule has 0 amide bonds. The number of hydrogen-bond acceptors (Lipinski definition) is 7. The number of rotatable bonds is 7. The Labute approximate surface area is 202 Å². The minimum atomic E-state index is -3.90. The Morgan fingerprint density at radius 3 is 2.44 bits per heavy atom. The van der Waals surface area contributed by atoms with Crippen LogP contribution < -0.4 is 4.90 Å². The van der Waals surface area contributed by atoms with E-state index in [-0.39, 0.29) is 15.6 Å². The Bertz CT molecular complexity index is 1560. The van der Waals surface area contributed by atoms with E-state index in [0.29, 0.717) is 19.0 Å².